The number of benzene rings is 2. The highest BCUT2D eigenvalue weighted by Crippen LogP contribution is 2.35. The molecule has 0 saturated carbocycles. The molecule has 30 heavy (non-hydrogen) atoms. The molecule has 0 aliphatic carbocycles. The Morgan fingerprint density at radius 1 is 1.17 bits per heavy atom. The molecule has 1 aliphatic rings. The van der Waals surface area contributed by atoms with Crippen LogP contribution in [0.3, 0.4) is 0 Å². The highest BCUT2D eigenvalue weighted by atomic mass is 32.1. The first kappa shape index (κ1) is 18.4. The number of thiophene rings is 1. The third kappa shape index (κ3) is 3.21. The van der Waals surface area contributed by atoms with Crippen molar-refractivity contribution in [3.8, 4) is 22.6 Å². The lowest BCUT2D eigenvalue weighted by molar-refractivity contribution is -0.116. The first-order valence-corrected chi connectivity index (χ1v) is 10.2. The Balaban J connectivity index is 1.45. The number of aryl methyl sites for hydroxylation is 1. The van der Waals surface area contributed by atoms with Crippen molar-refractivity contribution in [2.24, 2.45) is 0 Å². The van der Waals surface area contributed by atoms with Gasteiger partial charge in [0.25, 0.3) is 5.56 Å². The Morgan fingerprint density at radius 2 is 1.97 bits per heavy atom. The average molecular weight is 419 g/mol. The smallest absolute Gasteiger partial charge is 0.263 e. The summed E-state index contributed by atoms with van der Waals surface area (Å²) >= 11 is 1.48. The van der Waals surface area contributed by atoms with Crippen LogP contribution < -0.4 is 20.3 Å². The molecule has 2 aromatic carbocycles. The summed E-state index contributed by atoms with van der Waals surface area (Å²) in [6.45, 7) is 2.00. The van der Waals surface area contributed by atoms with Crippen molar-refractivity contribution in [3.63, 3.8) is 0 Å². The highest BCUT2D eigenvalue weighted by molar-refractivity contribution is 7.19. The summed E-state index contributed by atoms with van der Waals surface area (Å²) < 4.78 is 11.9. The van der Waals surface area contributed by atoms with E-state index in [2.05, 4.69) is 10.3 Å². The van der Waals surface area contributed by atoms with Gasteiger partial charge in [-0.05, 0) is 24.6 Å². The second-order valence-corrected chi connectivity index (χ2v) is 8.08. The molecule has 5 rings (SSSR count). The summed E-state index contributed by atoms with van der Waals surface area (Å²) in [6.07, 6.45) is 1.43. The van der Waals surface area contributed by atoms with Gasteiger partial charge in [-0.3, -0.25) is 14.2 Å². The molecule has 0 fully saturated rings. The molecule has 8 heteroatoms. The van der Waals surface area contributed by atoms with E-state index in [9.17, 15) is 9.59 Å². The first-order chi connectivity index (χ1) is 14.6. The zero-order valence-corrected chi connectivity index (χ0v) is 16.9. The second kappa shape index (κ2) is 7.31. The standard InChI is InChI=1S/C22H17N3O4S/c1-13-19(14-5-3-2-4-6-14)20-21(30-13)23-11-25(22(20)27)10-18(26)24-15-7-8-16-17(9-15)29-12-28-16/h2-9,11H,10,12H2,1H3,(H,24,26). The zero-order valence-electron chi connectivity index (χ0n) is 16.0. The third-order valence-corrected chi connectivity index (χ3v) is 5.90. The van der Waals surface area contributed by atoms with E-state index >= 15 is 0 Å². The number of nitrogens with one attached hydrogen (secondary N) is 1. The molecule has 0 unspecified atom stereocenters. The van der Waals surface area contributed by atoms with Crippen molar-refractivity contribution in [2.75, 3.05) is 12.1 Å². The summed E-state index contributed by atoms with van der Waals surface area (Å²) in [7, 11) is 0. The van der Waals surface area contributed by atoms with Crippen LogP contribution in [0.2, 0.25) is 0 Å². The summed E-state index contributed by atoms with van der Waals surface area (Å²) in [6, 6.07) is 14.9. The monoisotopic (exact) mass is 419 g/mol. The van der Waals surface area contributed by atoms with Crippen LogP contribution in [0.25, 0.3) is 21.3 Å². The van der Waals surface area contributed by atoms with Gasteiger partial charge in [0.2, 0.25) is 12.7 Å². The summed E-state index contributed by atoms with van der Waals surface area (Å²) in [4.78, 5) is 31.9. The van der Waals surface area contributed by atoms with Gasteiger partial charge in [-0.15, -0.1) is 11.3 Å². The first-order valence-electron chi connectivity index (χ1n) is 9.33. The maximum absolute atomic E-state index is 13.2. The molecule has 2 aromatic heterocycles. The SMILES string of the molecule is Cc1sc2ncn(CC(=O)Nc3ccc4c(c3)OCO4)c(=O)c2c1-c1ccccc1. The Morgan fingerprint density at radius 3 is 2.80 bits per heavy atom. The zero-order chi connectivity index (χ0) is 20.7. The fourth-order valence-electron chi connectivity index (χ4n) is 3.53. The van der Waals surface area contributed by atoms with Crippen molar-refractivity contribution in [3.05, 3.63) is 70.1 Å². The van der Waals surface area contributed by atoms with Gasteiger partial charge < -0.3 is 14.8 Å². The maximum atomic E-state index is 13.2. The molecule has 4 aromatic rings. The largest absolute Gasteiger partial charge is 0.454 e. The van der Waals surface area contributed by atoms with Gasteiger partial charge in [0.05, 0.1) is 11.7 Å². The Bertz CT molecular complexity index is 1330. The topological polar surface area (TPSA) is 82.5 Å². The van der Waals surface area contributed by atoms with Gasteiger partial charge in [0.15, 0.2) is 11.5 Å². The van der Waals surface area contributed by atoms with E-state index in [1.165, 1.54) is 22.2 Å². The number of amides is 1. The molecular formula is C22H17N3O4S. The van der Waals surface area contributed by atoms with E-state index in [1.807, 2.05) is 37.3 Å². The fourth-order valence-corrected chi connectivity index (χ4v) is 4.54. The lowest BCUT2D eigenvalue weighted by Gasteiger charge is -2.08. The van der Waals surface area contributed by atoms with Crippen LogP contribution in [0.4, 0.5) is 5.69 Å². The van der Waals surface area contributed by atoms with Crippen LogP contribution in [-0.2, 0) is 11.3 Å². The number of ether oxygens (including phenoxy) is 2. The Labute approximate surface area is 175 Å². The number of hydrogen-bond donors (Lipinski definition) is 1. The minimum atomic E-state index is -0.328. The molecule has 0 bridgehead atoms. The average Bonchev–Trinajstić information content (AvgIpc) is 3.34. The number of anilines is 1. The number of nitrogens with zero attached hydrogens (tertiary/aromatic N) is 2. The third-order valence-electron chi connectivity index (χ3n) is 4.89. The summed E-state index contributed by atoms with van der Waals surface area (Å²) in [5.74, 6) is 0.889. The van der Waals surface area contributed by atoms with E-state index in [-0.39, 0.29) is 24.8 Å². The van der Waals surface area contributed by atoms with E-state index in [0.717, 1.165) is 16.0 Å². The van der Waals surface area contributed by atoms with Gasteiger partial charge in [-0.25, -0.2) is 4.98 Å². The van der Waals surface area contributed by atoms with E-state index in [1.54, 1.807) is 18.2 Å². The Kier molecular flexibility index (Phi) is 4.48. The summed E-state index contributed by atoms with van der Waals surface area (Å²) in [5.41, 5.74) is 2.17. The van der Waals surface area contributed by atoms with Gasteiger partial charge in [0.1, 0.15) is 11.4 Å². The lowest BCUT2D eigenvalue weighted by Crippen LogP contribution is -2.27. The van der Waals surface area contributed by atoms with E-state index < -0.39 is 0 Å². The molecule has 3 heterocycles. The lowest BCUT2D eigenvalue weighted by atomic mass is 10.0. The van der Waals surface area contributed by atoms with Gasteiger partial charge in [-0.1, -0.05) is 30.3 Å². The molecule has 0 atom stereocenters. The predicted octanol–water partition coefficient (Wildman–Crippen LogP) is 3.80. The minimum absolute atomic E-state index is 0.140. The highest BCUT2D eigenvalue weighted by Gasteiger charge is 2.18. The molecule has 150 valence electrons. The number of hydrogen-bond acceptors (Lipinski definition) is 6. The number of carbonyl (C=O) groups excluding carboxylic acids is 1. The van der Waals surface area contributed by atoms with E-state index in [0.29, 0.717) is 27.4 Å². The van der Waals surface area contributed by atoms with Crippen LogP contribution in [0.1, 0.15) is 4.88 Å². The number of fused-ring (bicyclic) bond motifs is 2. The number of rotatable bonds is 4. The molecule has 1 N–H and O–H groups in total. The molecule has 0 spiro atoms. The van der Waals surface area contributed by atoms with Crippen LogP contribution in [0, 0.1) is 6.92 Å². The quantitative estimate of drug-likeness (QED) is 0.544. The van der Waals surface area contributed by atoms with Crippen molar-refractivity contribution >= 4 is 33.1 Å². The molecule has 7 nitrogen and oxygen atoms in total. The molecule has 0 radical (unpaired) electrons. The van der Waals surface area contributed by atoms with Crippen molar-refractivity contribution in [1.82, 2.24) is 9.55 Å². The van der Waals surface area contributed by atoms with Gasteiger partial charge in [0, 0.05) is 22.2 Å². The van der Waals surface area contributed by atoms with Crippen LogP contribution in [0.15, 0.2) is 59.7 Å². The van der Waals surface area contributed by atoms with Crippen LogP contribution in [0.5, 0.6) is 11.5 Å². The van der Waals surface area contributed by atoms with Crippen LogP contribution >= 0.6 is 11.3 Å². The maximum Gasteiger partial charge on any atom is 0.263 e. The number of carbonyl (C=O) groups is 1. The van der Waals surface area contributed by atoms with Crippen molar-refractivity contribution in [2.45, 2.75) is 13.5 Å². The minimum Gasteiger partial charge on any atom is -0.454 e. The second-order valence-electron chi connectivity index (χ2n) is 6.87. The van der Waals surface area contributed by atoms with E-state index in [4.69, 9.17) is 9.47 Å². The molecule has 1 amide bonds. The Hall–Kier alpha value is -3.65. The van der Waals surface area contributed by atoms with Crippen molar-refractivity contribution in [1.29, 1.82) is 0 Å². The van der Waals surface area contributed by atoms with Gasteiger partial charge in [-0.2, -0.15) is 0 Å². The number of aromatic nitrogens is 2. The fraction of sp³-hybridized carbons (Fsp3) is 0.136. The van der Waals surface area contributed by atoms with Gasteiger partial charge >= 0.3 is 0 Å². The normalized spacial score (nSPS) is 12.3. The van der Waals surface area contributed by atoms with Crippen molar-refractivity contribution < 1.29 is 14.3 Å². The molecule has 1 aliphatic heterocycles. The van der Waals surface area contributed by atoms with Crippen LogP contribution in [-0.4, -0.2) is 22.3 Å². The molecule has 0 saturated heterocycles. The predicted molar refractivity (Wildman–Crippen MR) is 115 cm³/mol. The molecular weight excluding hydrogens is 402 g/mol. The summed E-state index contributed by atoms with van der Waals surface area (Å²) in [5, 5.41) is 3.33.